The first-order valence-electron chi connectivity index (χ1n) is 8.45. The minimum absolute atomic E-state index is 0.0867. The SMILES string of the molecule is Cn1c(C(=O)c2ccccc2)c2ccccc2c1C(=O)c1ccccc1. The second-order valence-electron chi connectivity index (χ2n) is 6.19. The molecule has 0 N–H and O–H groups in total. The molecule has 126 valence electrons. The van der Waals surface area contributed by atoms with Crippen molar-refractivity contribution in [3.8, 4) is 0 Å². The molecule has 0 spiro atoms. The summed E-state index contributed by atoms with van der Waals surface area (Å²) in [6.07, 6.45) is 0. The summed E-state index contributed by atoms with van der Waals surface area (Å²) in [4.78, 5) is 26.2. The minimum Gasteiger partial charge on any atom is -0.337 e. The van der Waals surface area contributed by atoms with Gasteiger partial charge in [0.15, 0.2) is 0 Å². The van der Waals surface area contributed by atoms with Crippen LogP contribution >= 0.6 is 0 Å². The predicted octanol–water partition coefficient (Wildman–Crippen LogP) is 4.64. The number of benzene rings is 3. The molecule has 26 heavy (non-hydrogen) atoms. The lowest BCUT2D eigenvalue weighted by Gasteiger charge is -2.07. The van der Waals surface area contributed by atoms with Crippen LogP contribution in [0.5, 0.6) is 0 Å². The minimum atomic E-state index is -0.0867. The Morgan fingerprint density at radius 1 is 0.577 bits per heavy atom. The van der Waals surface area contributed by atoms with E-state index in [9.17, 15) is 9.59 Å². The normalized spacial score (nSPS) is 10.8. The summed E-state index contributed by atoms with van der Waals surface area (Å²) >= 11 is 0. The highest BCUT2D eigenvalue weighted by Crippen LogP contribution is 2.29. The summed E-state index contributed by atoms with van der Waals surface area (Å²) < 4.78 is 1.73. The number of fused-ring (bicyclic) bond motifs is 1. The van der Waals surface area contributed by atoms with E-state index in [1.54, 1.807) is 35.9 Å². The smallest absolute Gasteiger partial charge is 0.210 e. The summed E-state index contributed by atoms with van der Waals surface area (Å²) in [6.45, 7) is 0. The van der Waals surface area contributed by atoms with Crippen molar-refractivity contribution in [1.82, 2.24) is 4.57 Å². The summed E-state index contributed by atoms with van der Waals surface area (Å²) in [6, 6.07) is 25.9. The van der Waals surface area contributed by atoms with Gasteiger partial charge in [-0.05, 0) is 0 Å². The molecule has 0 unspecified atom stereocenters. The number of ketones is 2. The monoisotopic (exact) mass is 339 g/mol. The number of carbonyl (C=O) groups is 2. The van der Waals surface area contributed by atoms with Gasteiger partial charge >= 0.3 is 0 Å². The van der Waals surface area contributed by atoms with Gasteiger partial charge in [-0.3, -0.25) is 9.59 Å². The second kappa shape index (κ2) is 6.45. The van der Waals surface area contributed by atoms with Crippen molar-refractivity contribution in [3.05, 3.63) is 107 Å². The van der Waals surface area contributed by atoms with Crippen LogP contribution in [0.4, 0.5) is 0 Å². The van der Waals surface area contributed by atoms with Gasteiger partial charge in [0.2, 0.25) is 11.6 Å². The van der Waals surface area contributed by atoms with E-state index < -0.39 is 0 Å². The Labute approximate surface area is 151 Å². The van der Waals surface area contributed by atoms with Crippen LogP contribution in [0, 0.1) is 0 Å². The average Bonchev–Trinajstić information content (AvgIpc) is 3.00. The van der Waals surface area contributed by atoms with Gasteiger partial charge in [0.25, 0.3) is 0 Å². The third kappa shape index (κ3) is 2.54. The van der Waals surface area contributed by atoms with Crippen LogP contribution in [-0.4, -0.2) is 16.1 Å². The number of rotatable bonds is 4. The molecule has 1 heterocycles. The third-order valence-corrected chi connectivity index (χ3v) is 4.61. The Morgan fingerprint density at radius 3 is 1.31 bits per heavy atom. The van der Waals surface area contributed by atoms with Crippen molar-refractivity contribution < 1.29 is 9.59 Å². The standard InChI is InChI=1S/C23H17NO2/c1-24-20(22(25)16-10-4-2-5-11-16)18-14-8-9-15-19(18)21(24)23(26)17-12-6-3-7-13-17/h2-15H,1H3. The topological polar surface area (TPSA) is 39.1 Å². The van der Waals surface area contributed by atoms with E-state index in [1.807, 2.05) is 60.7 Å². The molecule has 0 aliphatic rings. The first kappa shape index (κ1) is 16.0. The van der Waals surface area contributed by atoms with Gasteiger partial charge in [-0.2, -0.15) is 0 Å². The summed E-state index contributed by atoms with van der Waals surface area (Å²) in [5, 5.41) is 1.59. The molecule has 0 bridgehead atoms. The highest BCUT2D eigenvalue weighted by atomic mass is 16.1. The van der Waals surface area contributed by atoms with Gasteiger partial charge in [-0.15, -0.1) is 0 Å². The molecule has 3 aromatic carbocycles. The number of carbonyl (C=O) groups excluding carboxylic acids is 2. The maximum atomic E-state index is 13.1. The summed E-state index contributed by atoms with van der Waals surface area (Å²) in [7, 11) is 1.78. The van der Waals surface area contributed by atoms with E-state index in [0.29, 0.717) is 22.5 Å². The Hall–Kier alpha value is -3.46. The molecule has 0 saturated heterocycles. The molecule has 0 fully saturated rings. The second-order valence-corrected chi connectivity index (χ2v) is 6.19. The highest BCUT2D eigenvalue weighted by Gasteiger charge is 2.25. The summed E-state index contributed by atoms with van der Waals surface area (Å²) in [5.41, 5.74) is 2.28. The zero-order valence-electron chi connectivity index (χ0n) is 14.3. The van der Waals surface area contributed by atoms with Gasteiger partial charge in [0.1, 0.15) is 0 Å². The molecular weight excluding hydrogens is 322 g/mol. The molecule has 0 aliphatic heterocycles. The van der Waals surface area contributed by atoms with E-state index in [0.717, 1.165) is 10.8 Å². The highest BCUT2D eigenvalue weighted by molar-refractivity contribution is 6.22. The quantitative estimate of drug-likeness (QED) is 0.508. The largest absolute Gasteiger partial charge is 0.337 e. The number of hydrogen-bond acceptors (Lipinski definition) is 2. The maximum Gasteiger partial charge on any atom is 0.210 e. The molecule has 1 aromatic heterocycles. The fourth-order valence-corrected chi connectivity index (χ4v) is 3.37. The van der Waals surface area contributed by atoms with Crippen molar-refractivity contribution in [2.75, 3.05) is 0 Å². The zero-order valence-corrected chi connectivity index (χ0v) is 14.3. The molecule has 0 amide bonds. The molecule has 3 nitrogen and oxygen atoms in total. The van der Waals surface area contributed by atoms with Crippen LogP contribution in [0.25, 0.3) is 10.8 Å². The first-order valence-corrected chi connectivity index (χ1v) is 8.45. The fourth-order valence-electron chi connectivity index (χ4n) is 3.37. The van der Waals surface area contributed by atoms with E-state index >= 15 is 0 Å². The summed E-state index contributed by atoms with van der Waals surface area (Å²) in [5.74, 6) is -0.173. The van der Waals surface area contributed by atoms with Crippen molar-refractivity contribution in [3.63, 3.8) is 0 Å². The van der Waals surface area contributed by atoms with Crippen LogP contribution in [0.3, 0.4) is 0 Å². The number of nitrogens with zero attached hydrogens (tertiary/aromatic N) is 1. The first-order chi connectivity index (χ1) is 12.7. The van der Waals surface area contributed by atoms with Crippen molar-refractivity contribution in [2.24, 2.45) is 7.05 Å². The third-order valence-electron chi connectivity index (χ3n) is 4.61. The number of aromatic nitrogens is 1. The molecule has 4 aromatic rings. The van der Waals surface area contributed by atoms with Crippen molar-refractivity contribution in [1.29, 1.82) is 0 Å². The van der Waals surface area contributed by atoms with Crippen LogP contribution < -0.4 is 0 Å². The fraction of sp³-hybridized carbons (Fsp3) is 0.0435. The van der Waals surface area contributed by atoms with E-state index in [2.05, 4.69) is 0 Å². The Kier molecular flexibility index (Phi) is 3.98. The van der Waals surface area contributed by atoms with Crippen LogP contribution in [-0.2, 0) is 7.05 Å². The van der Waals surface area contributed by atoms with Crippen molar-refractivity contribution in [2.45, 2.75) is 0 Å². The Balaban J connectivity index is 1.95. The van der Waals surface area contributed by atoms with Gasteiger partial charge in [0, 0.05) is 28.9 Å². The Bertz CT molecular complexity index is 1020. The van der Waals surface area contributed by atoms with Crippen LogP contribution in [0.15, 0.2) is 84.9 Å². The number of hydrogen-bond donors (Lipinski definition) is 0. The van der Waals surface area contributed by atoms with Crippen LogP contribution in [0.1, 0.15) is 32.1 Å². The van der Waals surface area contributed by atoms with Crippen molar-refractivity contribution >= 4 is 22.3 Å². The van der Waals surface area contributed by atoms with Gasteiger partial charge in [0.05, 0.1) is 11.4 Å². The predicted molar refractivity (Wildman–Crippen MR) is 103 cm³/mol. The molecule has 0 atom stereocenters. The zero-order chi connectivity index (χ0) is 18.1. The lowest BCUT2D eigenvalue weighted by atomic mass is 10.0. The van der Waals surface area contributed by atoms with E-state index in [-0.39, 0.29) is 11.6 Å². The van der Waals surface area contributed by atoms with Crippen LogP contribution in [0.2, 0.25) is 0 Å². The lowest BCUT2D eigenvalue weighted by Crippen LogP contribution is -2.13. The molecule has 4 rings (SSSR count). The van der Waals surface area contributed by atoms with Gasteiger partial charge in [-0.1, -0.05) is 84.9 Å². The molecule has 3 heteroatoms. The maximum absolute atomic E-state index is 13.1. The van der Waals surface area contributed by atoms with Gasteiger partial charge in [-0.25, -0.2) is 0 Å². The Morgan fingerprint density at radius 2 is 0.923 bits per heavy atom. The molecule has 0 saturated carbocycles. The molecular formula is C23H17NO2. The van der Waals surface area contributed by atoms with Gasteiger partial charge < -0.3 is 4.57 Å². The molecule has 0 aliphatic carbocycles. The van der Waals surface area contributed by atoms with E-state index in [1.165, 1.54) is 0 Å². The average molecular weight is 339 g/mol. The molecule has 0 radical (unpaired) electrons. The lowest BCUT2D eigenvalue weighted by molar-refractivity contribution is 0.102. The van der Waals surface area contributed by atoms with E-state index in [4.69, 9.17) is 0 Å².